The second-order valence-electron chi connectivity index (χ2n) is 13.5. The van der Waals surface area contributed by atoms with Gasteiger partial charge in [-0.05, 0) is 11.6 Å². The van der Waals surface area contributed by atoms with Crippen LogP contribution in [0.2, 0.25) is 0 Å². The fraction of sp³-hybridized carbons (Fsp3) is 0.222. The molecule has 0 aromatic carbocycles. The van der Waals surface area contributed by atoms with Crippen LogP contribution < -0.4 is 29.4 Å². The monoisotopic (exact) mass is 1080 g/mol. The molecule has 0 atom stereocenters. The Morgan fingerprint density at radius 1 is 0.507 bits per heavy atom. The van der Waals surface area contributed by atoms with Gasteiger partial charge in [-0.25, -0.2) is 72.3 Å². The van der Waals surface area contributed by atoms with E-state index in [1.54, 1.807) is 0 Å². The van der Waals surface area contributed by atoms with Crippen LogP contribution in [0.1, 0.15) is 38.9 Å². The molecule has 8 bridgehead atoms. The molecule has 4 aromatic rings. The standard InChI is InChI=1S/C32H24N12.4CH4O4S.Cu/c1-41-9-5-17-21(13-41)29-33-25(17)38-30-23-15-43(3)11-7-19(23)27(35-30)40-32-24-16-44(4)12-8-20(24)28(36-32)39-31-22-14-42(2)10-6-18(22)26(34-31)37-29;4*1-5-6(2,3)4;/h5-16H,1-4H3;4*1H3,(H,2,3,4);/q+2;;;;;+2/p-4. The van der Waals surface area contributed by atoms with Gasteiger partial charge in [-0.2, -0.15) is 0 Å². The summed E-state index contributed by atoms with van der Waals surface area (Å²) in [6.45, 7) is 0. The Labute approximate surface area is 404 Å². The fourth-order valence-electron chi connectivity index (χ4n) is 5.85. The Balaban J connectivity index is 0.000000345. The molecule has 0 spiro atoms. The Hall–Kier alpha value is -6.04. The predicted molar refractivity (Wildman–Crippen MR) is 230 cm³/mol. The third-order valence-corrected chi connectivity index (χ3v) is 10.5. The molecular weight excluding hydrogens is 1050 g/mol. The number of amidine groups is 6. The van der Waals surface area contributed by atoms with Crippen molar-refractivity contribution in [3.63, 3.8) is 0 Å². The summed E-state index contributed by atoms with van der Waals surface area (Å²) < 4.78 is 130. The third kappa shape index (κ3) is 15.0. The summed E-state index contributed by atoms with van der Waals surface area (Å²) in [7, 11) is -6.52. The van der Waals surface area contributed by atoms with Crippen molar-refractivity contribution in [1.82, 2.24) is 9.88 Å². The largest absolute Gasteiger partial charge is 2.00 e. The Kier molecular flexibility index (Phi) is 17.8. The normalized spacial score (nSPS) is 14.8. The average molecular weight is 1080 g/mol. The number of pyridine rings is 3. The maximum atomic E-state index is 9.22. The molecule has 0 amide bonds. The Bertz CT molecular complexity index is 3390. The van der Waals surface area contributed by atoms with E-state index in [1.807, 2.05) is 121 Å². The summed E-state index contributed by atoms with van der Waals surface area (Å²) in [6.07, 6.45) is 17.9. The van der Waals surface area contributed by atoms with Crippen LogP contribution in [0.25, 0.3) is 12.3 Å². The van der Waals surface area contributed by atoms with E-state index in [1.165, 1.54) is 0 Å². The van der Waals surface area contributed by atoms with Gasteiger partial charge in [0.15, 0.2) is 60.5 Å². The van der Waals surface area contributed by atoms with E-state index >= 15 is 0 Å². The van der Waals surface area contributed by atoms with Gasteiger partial charge in [0.05, 0.1) is 51.0 Å². The molecule has 9 heterocycles. The van der Waals surface area contributed by atoms with Gasteiger partial charge in [0.1, 0.15) is 27.0 Å². The number of hydrogen-bond acceptors (Lipinski definition) is 24. The molecule has 0 saturated heterocycles. The van der Waals surface area contributed by atoms with E-state index in [0.717, 1.165) is 72.6 Å². The van der Waals surface area contributed by atoms with Crippen molar-refractivity contribution in [3.05, 3.63) is 111 Å². The number of aryl methyl sites for hydroxylation is 3. The van der Waals surface area contributed by atoms with Crippen molar-refractivity contribution < 1.29 is 99.4 Å². The molecule has 5 aliphatic rings. The van der Waals surface area contributed by atoms with Crippen molar-refractivity contribution in [2.24, 2.45) is 56.1 Å². The van der Waals surface area contributed by atoms with Crippen molar-refractivity contribution in [2.75, 3.05) is 35.5 Å². The third-order valence-electron chi connectivity index (χ3n) is 8.84. The molecular formula is C36H36CuN12O16S4. The summed E-state index contributed by atoms with van der Waals surface area (Å²) in [5.74, 6) is 3.70. The molecule has 0 aliphatic carbocycles. The number of rotatable bonds is 4. The van der Waals surface area contributed by atoms with Crippen LogP contribution in [0.4, 0.5) is 5.82 Å². The number of nitrogens with zero attached hydrogens (tertiary/aromatic N) is 12. The first-order chi connectivity index (χ1) is 31.6. The minimum absolute atomic E-state index is 0. The summed E-state index contributed by atoms with van der Waals surface area (Å²) in [5, 5.41) is 0.862. The van der Waals surface area contributed by atoms with E-state index in [2.05, 4.69) is 16.7 Å². The smallest absolute Gasteiger partial charge is 0.726 e. The first-order valence-corrected chi connectivity index (χ1v) is 23.7. The summed E-state index contributed by atoms with van der Waals surface area (Å²) in [5.41, 5.74) is 6.59. The molecule has 4 aromatic heterocycles. The topological polar surface area (TPSA) is 381 Å². The molecule has 371 valence electrons. The van der Waals surface area contributed by atoms with Gasteiger partial charge in [-0.3, -0.25) is 16.7 Å². The molecule has 0 unspecified atom stereocenters. The first kappa shape index (κ1) is 55.6. The minimum Gasteiger partial charge on any atom is -0.726 e. The van der Waals surface area contributed by atoms with Crippen LogP contribution in [0.15, 0.2) is 96.5 Å². The molecule has 28 nitrogen and oxygen atoms in total. The van der Waals surface area contributed by atoms with Crippen molar-refractivity contribution in [1.29, 1.82) is 0 Å². The average Bonchev–Trinajstić information content (AvgIpc) is 3.98. The van der Waals surface area contributed by atoms with Gasteiger partial charge in [0, 0.05) is 70.9 Å². The molecule has 1 radical (unpaired) electrons. The van der Waals surface area contributed by atoms with Gasteiger partial charge in [-0.15, -0.1) is 0 Å². The Morgan fingerprint density at radius 2 is 0.797 bits per heavy atom. The Morgan fingerprint density at radius 3 is 1.12 bits per heavy atom. The van der Waals surface area contributed by atoms with Crippen LogP contribution >= 0.6 is 0 Å². The number of hydrogen-bond donors (Lipinski definition) is 0. The summed E-state index contributed by atoms with van der Waals surface area (Å²) >= 11 is 0. The second-order valence-corrected chi connectivity index (χ2v) is 18.1. The van der Waals surface area contributed by atoms with Gasteiger partial charge in [0.25, 0.3) is 0 Å². The number of fused-ring (bicyclic) bond motifs is 17. The SMILES string of the molecule is CN1C=Cc2c3[n-]c(c2=C1)=NC1=NC(=NC2=NC(=NC4=NC(=N3)c3c[n+](C)ccc34)c3c[n+](C)ccc32)c2c[n+](C)ccc21.COS(=O)(=O)[O-].COS(=O)(=O)[O-].COS(=O)(=O)[O-].COS(=O)(=O)[O-].[Cu+2]. The predicted octanol–water partition coefficient (Wildman–Crippen LogP) is -3.97. The molecule has 9 rings (SSSR count). The van der Waals surface area contributed by atoms with E-state index in [-0.39, 0.29) is 17.1 Å². The van der Waals surface area contributed by atoms with Crippen LogP contribution in [0, 0.1) is 0 Å². The molecule has 69 heavy (non-hydrogen) atoms. The minimum atomic E-state index is -4.41. The zero-order valence-electron chi connectivity index (χ0n) is 36.8. The molecule has 33 heteroatoms. The van der Waals surface area contributed by atoms with Crippen LogP contribution in [0.5, 0.6) is 0 Å². The van der Waals surface area contributed by atoms with E-state index in [0.29, 0.717) is 46.3 Å². The zero-order valence-corrected chi connectivity index (χ0v) is 41.0. The maximum absolute atomic E-state index is 9.22. The van der Waals surface area contributed by atoms with E-state index in [9.17, 15) is 51.9 Å². The molecule has 0 fully saturated rings. The van der Waals surface area contributed by atoms with E-state index in [4.69, 9.17) is 39.9 Å². The zero-order chi connectivity index (χ0) is 50.5. The van der Waals surface area contributed by atoms with Crippen LogP contribution in [-0.4, -0.2) is 127 Å². The fourth-order valence-corrected chi connectivity index (χ4v) is 5.85. The number of aliphatic imine (C=N–C) groups is 6. The van der Waals surface area contributed by atoms with Crippen LogP contribution in [-0.2, 0) is 96.5 Å². The summed E-state index contributed by atoms with van der Waals surface area (Å²) in [6, 6.07) is 6.01. The van der Waals surface area contributed by atoms with Crippen LogP contribution in [0.3, 0.4) is 0 Å². The molecule has 5 aliphatic heterocycles. The van der Waals surface area contributed by atoms with Gasteiger partial charge in [-0.1, -0.05) is 0 Å². The second kappa shape index (κ2) is 22.1. The van der Waals surface area contributed by atoms with Crippen molar-refractivity contribution in [2.45, 2.75) is 0 Å². The van der Waals surface area contributed by atoms with Gasteiger partial charge in [0.2, 0.25) is 41.6 Å². The van der Waals surface area contributed by atoms with Crippen molar-refractivity contribution in [3.8, 4) is 0 Å². The molecule has 0 saturated carbocycles. The van der Waals surface area contributed by atoms with Crippen molar-refractivity contribution >= 4 is 94.7 Å². The molecule has 0 N–H and O–H groups in total. The quantitative estimate of drug-likeness (QED) is 0.0814. The van der Waals surface area contributed by atoms with Gasteiger partial charge < -0.3 is 38.1 Å². The first-order valence-electron chi connectivity index (χ1n) is 18.4. The maximum Gasteiger partial charge on any atom is 2.00 e. The van der Waals surface area contributed by atoms with Gasteiger partial charge >= 0.3 is 17.1 Å². The van der Waals surface area contributed by atoms with E-state index < -0.39 is 41.6 Å². The number of aromatic nitrogens is 4. The summed E-state index contributed by atoms with van der Waals surface area (Å²) in [4.78, 5) is 41.8.